The van der Waals surface area contributed by atoms with Gasteiger partial charge in [-0.15, -0.1) is 0 Å². The second-order valence-electron chi connectivity index (χ2n) is 8.68. The molecule has 0 saturated carbocycles. The summed E-state index contributed by atoms with van der Waals surface area (Å²) >= 11 is 0. The highest BCUT2D eigenvalue weighted by molar-refractivity contribution is 5.68. The Hall–Kier alpha value is -2.09. The van der Waals surface area contributed by atoms with Crippen molar-refractivity contribution in [1.82, 2.24) is 4.90 Å². The normalized spacial score (nSPS) is 18.3. The Morgan fingerprint density at radius 2 is 1.97 bits per heavy atom. The Morgan fingerprint density at radius 3 is 2.55 bits per heavy atom. The van der Waals surface area contributed by atoms with E-state index in [4.69, 9.17) is 9.47 Å². The third-order valence-corrected chi connectivity index (χ3v) is 4.35. The minimum Gasteiger partial charge on any atom is -0.485 e. The lowest BCUT2D eigenvalue weighted by Crippen LogP contribution is -2.36. The van der Waals surface area contributed by atoms with Gasteiger partial charge in [0.25, 0.3) is 0 Å². The minimum atomic E-state index is -2.99. The molecule has 0 aliphatic carbocycles. The van der Waals surface area contributed by atoms with Gasteiger partial charge in [-0.3, -0.25) is 0 Å². The van der Waals surface area contributed by atoms with Crippen LogP contribution < -0.4 is 9.47 Å². The number of alkyl halides is 2. The molecule has 1 saturated heterocycles. The van der Waals surface area contributed by atoms with Gasteiger partial charge in [0, 0.05) is 13.0 Å². The zero-order chi connectivity index (χ0) is 21.8. The van der Waals surface area contributed by atoms with Crippen molar-refractivity contribution >= 4 is 6.09 Å². The molecule has 164 valence electrons. The molecule has 29 heavy (non-hydrogen) atoms. The summed E-state index contributed by atoms with van der Waals surface area (Å²) < 4.78 is 41.4. The summed E-state index contributed by atoms with van der Waals surface area (Å²) in [6.45, 7) is 7.06. The zero-order valence-electron chi connectivity index (χ0n) is 17.7. The number of aliphatic hydroxyl groups excluding tert-OH is 1. The Bertz CT molecular complexity index is 690. The van der Waals surface area contributed by atoms with Gasteiger partial charge in [-0.1, -0.05) is 19.9 Å². The molecule has 1 heterocycles. The lowest BCUT2D eigenvalue weighted by Gasteiger charge is -2.24. The van der Waals surface area contributed by atoms with E-state index in [2.05, 4.69) is 4.74 Å². The molecule has 1 amide bonds. The van der Waals surface area contributed by atoms with Crippen molar-refractivity contribution in [2.45, 2.75) is 71.9 Å². The standard InChI is InChI=1S/C21H31F2NO5/c1-13(2)10-16(25)14-6-7-17(28-19(22)23)18(11-14)27-15-8-9-24(12-15)20(26)29-21(3,4)5/h6-7,11,13,15-16,19,25H,8-10,12H2,1-5H3. The molecule has 6 nitrogen and oxygen atoms in total. The van der Waals surface area contributed by atoms with Crippen LogP contribution in [0.4, 0.5) is 13.6 Å². The van der Waals surface area contributed by atoms with E-state index in [1.54, 1.807) is 26.8 Å². The molecule has 1 aliphatic heterocycles. The van der Waals surface area contributed by atoms with Crippen molar-refractivity contribution in [2.24, 2.45) is 5.92 Å². The van der Waals surface area contributed by atoms with Crippen molar-refractivity contribution in [3.8, 4) is 11.5 Å². The number of ether oxygens (including phenoxy) is 3. The van der Waals surface area contributed by atoms with Crippen LogP contribution in [0.1, 0.15) is 59.1 Å². The molecule has 2 rings (SSSR count). The van der Waals surface area contributed by atoms with E-state index in [0.717, 1.165) is 0 Å². The van der Waals surface area contributed by atoms with Gasteiger partial charge >= 0.3 is 12.7 Å². The number of carbonyl (C=O) groups excluding carboxylic acids is 1. The third-order valence-electron chi connectivity index (χ3n) is 4.35. The van der Waals surface area contributed by atoms with Gasteiger partial charge in [0.2, 0.25) is 0 Å². The van der Waals surface area contributed by atoms with E-state index in [0.29, 0.717) is 24.9 Å². The fourth-order valence-electron chi connectivity index (χ4n) is 3.10. The molecule has 0 spiro atoms. The first-order valence-corrected chi connectivity index (χ1v) is 9.86. The van der Waals surface area contributed by atoms with Crippen molar-refractivity contribution in [3.05, 3.63) is 23.8 Å². The predicted molar refractivity (Wildman–Crippen MR) is 104 cm³/mol. The molecule has 1 N–H and O–H groups in total. The number of benzene rings is 1. The van der Waals surface area contributed by atoms with E-state index in [9.17, 15) is 18.7 Å². The first kappa shape index (κ1) is 23.2. The van der Waals surface area contributed by atoms with E-state index in [1.165, 1.54) is 17.0 Å². The Kier molecular flexibility index (Phi) is 7.68. The zero-order valence-corrected chi connectivity index (χ0v) is 17.7. The molecule has 0 radical (unpaired) electrons. The summed E-state index contributed by atoms with van der Waals surface area (Å²) in [6, 6.07) is 4.46. The third kappa shape index (κ3) is 7.34. The molecule has 1 aromatic carbocycles. The van der Waals surface area contributed by atoms with E-state index in [1.807, 2.05) is 13.8 Å². The molecule has 1 aromatic rings. The van der Waals surface area contributed by atoms with Crippen LogP contribution in [0.5, 0.6) is 11.5 Å². The van der Waals surface area contributed by atoms with Crippen LogP contribution in [0.3, 0.4) is 0 Å². The smallest absolute Gasteiger partial charge is 0.410 e. The highest BCUT2D eigenvalue weighted by Gasteiger charge is 2.31. The first-order valence-electron chi connectivity index (χ1n) is 9.86. The first-order chi connectivity index (χ1) is 13.4. The van der Waals surface area contributed by atoms with E-state index < -0.39 is 24.4 Å². The Morgan fingerprint density at radius 1 is 1.28 bits per heavy atom. The number of carbonyl (C=O) groups is 1. The summed E-state index contributed by atoms with van der Waals surface area (Å²) in [7, 11) is 0. The van der Waals surface area contributed by atoms with Crippen LogP contribution in [-0.2, 0) is 4.74 Å². The number of likely N-dealkylation sites (tertiary alicyclic amines) is 1. The van der Waals surface area contributed by atoms with Crippen LogP contribution in [0.2, 0.25) is 0 Å². The number of hydrogen-bond acceptors (Lipinski definition) is 5. The summed E-state index contributed by atoms with van der Waals surface area (Å²) in [6.07, 6.45) is -0.496. The van der Waals surface area contributed by atoms with Crippen LogP contribution in [-0.4, -0.2) is 47.5 Å². The van der Waals surface area contributed by atoms with Crippen LogP contribution in [0.25, 0.3) is 0 Å². The quantitative estimate of drug-likeness (QED) is 0.696. The van der Waals surface area contributed by atoms with Gasteiger partial charge in [-0.2, -0.15) is 8.78 Å². The molecule has 2 atom stereocenters. The van der Waals surface area contributed by atoms with Crippen molar-refractivity contribution < 1.29 is 32.9 Å². The molecular formula is C21H31F2NO5. The fraction of sp³-hybridized carbons (Fsp3) is 0.667. The van der Waals surface area contributed by atoms with Crippen molar-refractivity contribution in [3.63, 3.8) is 0 Å². The average Bonchev–Trinajstić information content (AvgIpc) is 3.02. The number of halogens is 2. The average molecular weight is 415 g/mol. The van der Waals surface area contributed by atoms with Gasteiger partial charge in [-0.05, 0) is 50.8 Å². The molecule has 8 heteroatoms. The largest absolute Gasteiger partial charge is 0.485 e. The van der Waals surface area contributed by atoms with Crippen LogP contribution in [0, 0.1) is 5.92 Å². The molecule has 2 unspecified atom stereocenters. The summed E-state index contributed by atoms with van der Waals surface area (Å²) in [5, 5.41) is 10.4. The maximum absolute atomic E-state index is 12.8. The van der Waals surface area contributed by atoms with Gasteiger partial charge in [0.1, 0.15) is 11.7 Å². The number of amides is 1. The SMILES string of the molecule is CC(C)CC(O)c1ccc(OC(F)F)c(OC2CCN(C(=O)OC(C)(C)C)C2)c1. The lowest BCUT2D eigenvalue weighted by atomic mass is 9.99. The van der Waals surface area contributed by atoms with Gasteiger partial charge in [-0.25, -0.2) is 4.79 Å². The van der Waals surface area contributed by atoms with Crippen molar-refractivity contribution in [2.75, 3.05) is 13.1 Å². The molecule has 0 aromatic heterocycles. The Balaban J connectivity index is 2.12. The lowest BCUT2D eigenvalue weighted by molar-refractivity contribution is -0.0520. The predicted octanol–water partition coefficient (Wildman–Crippen LogP) is 4.76. The second-order valence-corrected chi connectivity index (χ2v) is 8.68. The maximum atomic E-state index is 12.8. The fourth-order valence-corrected chi connectivity index (χ4v) is 3.10. The number of hydrogen-bond donors (Lipinski definition) is 1. The van der Waals surface area contributed by atoms with Gasteiger partial charge in [0.15, 0.2) is 11.5 Å². The number of aliphatic hydroxyl groups is 1. The van der Waals surface area contributed by atoms with Crippen LogP contribution >= 0.6 is 0 Å². The Labute approximate surface area is 170 Å². The summed E-state index contributed by atoms with van der Waals surface area (Å²) in [5.41, 5.74) is -0.0350. The summed E-state index contributed by atoms with van der Waals surface area (Å²) in [5.74, 6) is 0.293. The van der Waals surface area contributed by atoms with Crippen molar-refractivity contribution in [1.29, 1.82) is 0 Å². The topological polar surface area (TPSA) is 68.2 Å². The monoisotopic (exact) mass is 415 g/mol. The maximum Gasteiger partial charge on any atom is 0.410 e. The number of rotatable bonds is 7. The molecule has 1 aliphatic rings. The van der Waals surface area contributed by atoms with Gasteiger partial charge in [0.05, 0.1) is 12.6 Å². The summed E-state index contributed by atoms with van der Waals surface area (Å²) in [4.78, 5) is 13.7. The van der Waals surface area contributed by atoms with Crippen LogP contribution in [0.15, 0.2) is 18.2 Å². The number of nitrogens with zero attached hydrogens (tertiary/aromatic N) is 1. The molecular weight excluding hydrogens is 384 g/mol. The molecule has 1 fully saturated rings. The second kappa shape index (κ2) is 9.61. The molecule has 0 bridgehead atoms. The van der Waals surface area contributed by atoms with E-state index in [-0.39, 0.29) is 30.1 Å². The minimum absolute atomic E-state index is 0.101. The van der Waals surface area contributed by atoms with Gasteiger partial charge < -0.3 is 24.2 Å². The highest BCUT2D eigenvalue weighted by Crippen LogP contribution is 2.35. The highest BCUT2D eigenvalue weighted by atomic mass is 19.3. The van der Waals surface area contributed by atoms with E-state index >= 15 is 0 Å².